The smallest absolute Gasteiger partial charge is 0.181 e. The number of aromatic nitrogens is 4. The lowest BCUT2D eigenvalue weighted by molar-refractivity contribution is 0.942. The number of rotatable bonds is 4. The molecule has 20 heavy (non-hydrogen) atoms. The second-order valence-corrected chi connectivity index (χ2v) is 6.12. The van der Waals surface area contributed by atoms with Crippen molar-refractivity contribution in [2.75, 3.05) is 6.54 Å². The zero-order valence-electron chi connectivity index (χ0n) is 10.5. The van der Waals surface area contributed by atoms with Gasteiger partial charge in [-0.1, -0.05) is 27.7 Å². The van der Waals surface area contributed by atoms with E-state index in [1.54, 1.807) is 18.1 Å². The van der Waals surface area contributed by atoms with E-state index in [2.05, 4.69) is 48.0 Å². The molecular formula is C13H12BrN5S. The van der Waals surface area contributed by atoms with E-state index in [1.807, 2.05) is 6.07 Å². The summed E-state index contributed by atoms with van der Waals surface area (Å²) in [7, 11) is 0. The summed E-state index contributed by atoms with van der Waals surface area (Å²) in [6.45, 7) is 0.618. The highest BCUT2D eigenvalue weighted by atomic mass is 79.9. The lowest BCUT2D eigenvalue weighted by atomic mass is 10.1. The molecule has 0 unspecified atom stereocenters. The Morgan fingerprint density at radius 3 is 3.00 bits per heavy atom. The first-order chi connectivity index (χ1) is 9.78. The molecule has 0 aliphatic carbocycles. The Morgan fingerprint density at radius 2 is 2.15 bits per heavy atom. The van der Waals surface area contributed by atoms with Crippen molar-refractivity contribution in [1.29, 1.82) is 0 Å². The van der Waals surface area contributed by atoms with Crippen LogP contribution in [-0.4, -0.2) is 26.5 Å². The van der Waals surface area contributed by atoms with Gasteiger partial charge in [0.05, 0.1) is 6.33 Å². The van der Waals surface area contributed by atoms with Crippen molar-refractivity contribution in [3.05, 3.63) is 40.9 Å². The number of H-pyrrole nitrogens is 1. The topological polar surface area (TPSA) is 80.5 Å². The molecule has 3 N–H and O–H groups in total. The number of halogens is 1. The predicted octanol–water partition coefficient (Wildman–Crippen LogP) is 2.77. The van der Waals surface area contributed by atoms with Crippen LogP contribution in [0.1, 0.15) is 5.56 Å². The maximum Gasteiger partial charge on any atom is 0.181 e. The van der Waals surface area contributed by atoms with E-state index in [1.165, 1.54) is 11.9 Å². The van der Waals surface area contributed by atoms with Crippen LogP contribution in [-0.2, 0) is 6.42 Å². The highest BCUT2D eigenvalue weighted by Crippen LogP contribution is 2.33. The second-order valence-electron chi connectivity index (χ2n) is 4.17. The molecule has 7 heteroatoms. The fraction of sp³-hybridized carbons (Fsp3) is 0.154. The third-order valence-corrected chi connectivity index (χ3v) is 4.45. The highest BCUT2D eigenvalue weighted by molar-refractivity contribution is 9.10. The molecule has 0 spiro atoms. The minimum absolute atomic E-state index is 0.618. The molecule has 1 aromatic carbocycles. The summed E-state index contributed by atoms with van der Waals surface area (Å²) in [6, 6.07) is 6.19. The van der Waals surface area contributed by atoms with Crippen LogP contribution in [0.2, 0.25) is 0 Å². The Kier molecular flexibility index (Phi) is 4.00. The molecule has 0 fully saturated rings. The number of aromatic amines is 1. The molecule has 0 saturated carbocycles. The molecular weight excluding hydrogens is 338 g/mol. The fourth-order valence-electron chi connectivity index (χ4n) is 1.92. The summed E-state index contributed by atoms with van der Waals surface area (Å²) in [5, 5.41) is 0.869. The van der Waals surface area contributed by atoms with E-state index in [0.717, 1.165) is 26.3 Å². The molecule has 0 amide bonds. The van der Waals surface area contributed by atoms with E-state index < -0.39 is 0 Å². The monoisotopic (exact) mass is 349 g/mol. The van der Waals surface area contributed by atoms with Crippen molar-refractivity contribution in [3.8, 4) is 0 Å². The maximum atomic E-state index is 5.68. The van der Waals surface area contributed by atoms with E-state index in [9.17, 15) is 0 Å². The van der Waals surface area contributed by atoms with Crippen molar-refractivity contribution in [1.82, 2.24) is 19.9 Å². The van der Waals surface area contributed by atoms with Crippen LogP contribution in [0, 0.1) is 0 Å². The number of hydrogen-bond acceptors (Lipinski definition) is 5. The van der Waals surface area contributed by atoms with Crippen molar-refractivity contribution >= 4 is 38.9 Å². The molecule has 0 atom stereocenters. The van der Waals surface area contributed by atoms with E-state index >= 15 is 0 Å². The molecule has 102 valence electrons. The van der Waals surface area contributed by atoms with Gasteiger partial charge in [0.2, 0.25) is 0 Å². The number of fused-ring (bicyclic) bond motifs is 1. The Hall–Kier alpha value is -1.44. The highest BCUT2D eigenvalue weighted by Gasteiger charge is 2.10. The first kappa shape index (κ1) is 13.5. The molecule has 0 aliphatic rings. The number of nitrogens with two attached hydrogens (primary N) is 1. The summed E-state index contributed by atoms with van der Waals surface area (Å²) in [4.78, 5) is 16.8. The SMILES string of the molecule is NCCc1cc(Br)ccc1Sc1ncnc2nc[nH]c12. The van der Waals surface area contributed by atoms with Crippen LogP contribution in [0.25, 0.3) is 11.2 Å². The lowest BCUT2D eigenvalue weighted by Crippen LogP contribution is -2.03. The zero-order chi connectivity index (χ0) is 13.9. The molecule has 0 radical (unpaired) electrons. The lowest BCUT2D eigenvalue weighted by Gasteiger charge is -2.08. The van der Waals surface area contributed by atoms with Crippen LogP contribution in [0.4, 0.5) is 0 Å². The van der Waals surface area contributed by atoms with E-state index in [-0.39, 0.29) is 0 Å². The van der Waals surface area contributed by atoms with Gasteiger partial charge in [-0.3, -0.25) is 0 Å². The van der Waals surface area contributed by atoms with Crippen LogP contribution in [0.15, 0.2) is 45.2 Å². The number of imidazole rings is 1. The Balaban J connectivity index is 2.00. The van der Waals surface area contributed by atoms with E-state index in [4.69, 9.17) is 5.73 Å². The molecule has 0 saturated heterocycles. The second kappa shape index (κ2) is 5.90. The maximum absolute atomic E-state index is 5.68. The summed E-state index contributed by atoms with van der Waals surface area (Å²) >= 11 is 5.09. The molecule has 0 aliphatic heterocycles. The van der Waals surface area contributed by atoms with Gasteiger partial charge in [0.1, 0.15) is 16.9 Å². The summed E-state index contributed by atoms with van der Waals surface area (Å²) in [5.74, 6) is 0. The third-order valence-electron chi connectivity index (χ3n) is 2.83. The van der Waals surface area contributed by atoms with Crippen LogP contribution >= 0.6 is 27.7 Å². The molecule has 0 bridgehead atoms. The van der Waals surface area contributed by atoms with Crippen LogP contribution < -0.4 is 5.73 Å². The standard InChI is InChI=1S/C13H12BrN5S/c14-9-1-2-10(8(5-9)3-4-15)20-13-11-12(17-6-16-11)18-7-19-13/h1-2,5-7H,3-4,15H2,(H,16,17,18,19). The van der Waals surface area contributed by atoms with Gasteiger partial charge in [0.15, 0.2) is 5.65 Å². The first-order valence-corrected chi connectivity index (χ1v) is 7.69. The van der Waals surface area contributed by atoms with Crippen molar-refractivity contribution in [3.63, 3.8) is 0 Å². The molecule has 5 nitrogen and oxygen atoms in total. The fourth-order valence-corrected chi connectivity index (χ4v) is 3.32. The molecule has 2 aromatic heterocycles. The van der Waals surface area contributed by atoms with Gasteiger partial charge in [0.25, 0.3) is 0 Å². The normalized spacial score (nSPS) is 11.1. The van der Waals surface area contributed by atoms with Gasteiger partial charge in [-0.05, 0) is 36.7 Å². The number of nitrogens with one attached hydrogen (secondary N) is 1. The van der Waals surface area contributed by atoms with Crippen LogP contribution in [0.5, 0.6) is 0 Å². The van der Waals surface area contributed by atoms with Gasteiger partial charge in [0, 0.05) is 9.37 Å². The number of benzene rings is 1. The minimum Gasteiger partial charge on any atom is -0.341 e. The minimum atomic E-state index is 0.618. The van der Waals surface area contributed by atoms with Crippen LogP contribution in [0.3, 0.4) is 0 Å². The first-order valence-electron chi connectivity index (χ1n) is 6.08. The van der Waals surface area contributed by atoms with Crippen molar-refractivity contribution in [2.24, 2.45) is 5.73 Å². The third kappa shape index (κ3) is 2.70. The van der Waals surface area contributed by atoms with Crippen molar-refractivity contribution in [2.45, 2.75) is 16.3 Å². The number of hydrogen-bond donors (Lipinski definition) is 2. The predicted molar refractivity (Wildman–Crippen MR) is 82.7 cm³/mol. The quantitative estimate of drug-likeness (QED) is 0.708. The number of nitrogens with zero attached hydrogens (tertiary/aromatic N) is 3. The average Bonchev–Trinajstić information content (AvgIpc) is 2.91. The van der Waals surface area contributed by atoms with Gasteiger partial charge < -0.3 is 10.7 Å². The largest absolute Gasteiger partial charge is 0.341 e. The summed E-state index contributed by atoms with van der Waals surface area (Å²) in [6.07, 6.45) is 4.00. The van der Waals surface area contributed by atoms with Gasteiger partial charge >= 0.3 is 0 Å². The summed E-state index contributed by atoms with van der Waals surface area (Å²) in [5.41, 5.74) is 8.43. The van der Waals surface area contributed by atoms with Crippen molar-refractivity contribution < 1.29 is 0 Å². The molecule has 3 aromatic rings. The zero-order valence-corrected chi connectivity index (χ0v) is 12.9. The Labute approximate surface area is 128 Å². The summed E-state index contributed by atoms with van der Waals surface area (Å²) < 4.78 is 1.06. The van der Waals surface area contributed by atoms with Gasteiger partial charge in [-0.25, -0.2) is 15.0 Å². The van der Waals surface area contributed by atoms with Gasteiger partial charge in [-0.15, -0.1) is 0 Å². The van der Waals surface area contributed by atoms with E-state index in [0.29, 0.717) is 12.2 Å². The Bertz CT molecular complexity index is 742. The molecule has 2 heterocycles. The Morgan fingerprint density at radius 1 is 1.25 bits per heavy atom. The molecule has 3 rings (SSSR count). The van der Waals surface area contributed by atoms with Gasteiger partial charge in [-0.2, -0.15) is 0 Å². The average molecular weight is 350 g/mol.